The number of aliphatic carboxylic acids is 1. The number of aliphatic imine (C=N–C) groups is 1. The monoisotopic (exact) mass is 511 g/mol. The molecular formula is C20H19F6N3O4S. The summed E-state index contributed by atoms with van der Waals surface area (Å²) in [5.41, 5.74) is 4.75. The maximum atomic E-state index is 14.1. The van der Waals surface area contributed by atoms with Crippen LogP contribution in [0, 0.1) is 0 Å². The van der Waals surface area contributed by atoms with Crippen molar-refractivity contribution in [3.05, 3.63) is 70.8 Å². The van der Waals surface area contributed by atoms with Gasteiger partial charge in [0.25, 0.3) is 0 Å². The van der Waals surface area contributed by atoms with E-state index in [4.69, 9.17) is 15.6 Å². The van der Waals surface area contributed by atoms with Crippen molar-refractivity contribution in [1.29, 1.82) is 0 Å². The van der Waals surface area contributed by atoms with Crippen LogP contribution in [0.3, 0.4) is 0 Å². The SMILES string of the molecule is CS(=O)(=O)NCc1ccc2c(c1)CC(c1ccccc1)(C(F)(F)F)N=C2N.O=C(O)C(F)(F)F. The first kappa shape index (κ1) is 27.1. The Kier molecular flexibility index (Phi) is 7.67. The van der Waals surface area contributed by atoms with Gasteiger partial charge in [0.2, 0.25) is 10.0 Å². The number of rotatable bonds is 4. The number of benzene rings is 2. The van der Waals surface area contributed by atoms with Crippen LogP contribution in [0.2, 0.25) is 0 Å². The number of halogens is 6. The van der Waals surface area contributed by atoms with Crippen LogP contribution in [0.25, 0.3) is 0 Å². The van der Waals surface area contributed by atoms with E-state index in [0.29, 0.717) is 16.7 Å². The Bertz CT molecular complexity index is 1180. The number of hydrogen-bond acceptors (Lipinski definition) is 5. The van der Waals surface area contributed by atoms with E-state index in [0.717, 1.165) is 6.26 Å². The summed E-state index contributed by atoms with van der Waals surface area (Å²) in [4.78, 5) is 12.8. The highest BCUT2D eigenvalue weighted by molar-refractivity contribution is 7.88. The average Bonchev–Trinajstić information content (AvgIpc) is 2.71. The second-order valence-corrected chi connectivity index (χ2v) is 9.12. The number of carboxylic acid groups (broad SMARTS) is 1. The van der Waals surface area contributed by atoms with Crippen molar-refractivity contribution < 1.29 is 44.7 Å². The molecule has 1 atom stereocenters. The highest BCUT2D eigenvalue weighted by Crippen LogP contribution is 2.47. The summed E-state index contributed by atoms with van der Waals surface area (Å²) >= 11 is 0. The molecule has 0 bridgehead atoms. The Hall–Kier alpha value is -3.13. The Morgan fingerprint density at radius 2 is 1.68 bits per heavy atom. The van der Waals surface area contributed by atoms with Crippen molar-refractivity contribution in [1.82, 2.24) is 4.72 Å². The molecule has 186 valence electrons. The van der Waals surface area contributed by atoms with Gasteiger partial charge < -0.3 is 10.8 Å². The van der Waals surface area contributed by atoms with Gasteiger partial charge in [0.15, 0.2) is 5.54 Å². The van der Waals surface area contributed by atoms with Crippen LogP contribution in [-0.4, -0.2) is 43.9 Å². The Morgan fingerprint density at radius 1 is 1.12 bits per heavy atom. The molecule has 3 rings (SSSR count). The first-order valence-electron chi connectivity index (χ1n) is 9.31. The molecule has 1 unspecified atom stereocenters. The van der Waals surface area contributed by atoms with Gasteiger partial charge >= 0.3 is 18.3 Å². The van der Waals surface area contributed by atoms with E-state index in [2.05, 4.69) is 9.71 Å². The lowest BCUT2D eigenvalue weighted by atomic mass is 9.79. The molecule has 0 aromatic heterocycles. The van der Waals surface area contributed by atoms with Crippen LogP contribution in [0.1, 0.15) is 22.3 Å². The number of nitrogens with zero attached hydrogens (tertiary/aromatic N) is 1. The van der Waals surface area contributed by atoms with Crippen molar-refractivity contribution in [2.45, 2.75) is 30.9 Å². The summed E-state index contributed by atoms with van der Waals surface area (Å²) in [7, 11) is -3.42. The number of carboxylic acids is 1. The quantitative estimate of drug-likeness (QED) is 0.545. The van der Waals surface area contributed by atoms with Gasteiger partial charge in [-0.1, -0.05) is 48.5 Å². The number of sulfonamides is 1. The van der Waals surface area contributed by atoms with Crippen LogP contribution in [0.5, 0.6) is 0 Å². The third-order valence-electron chi connectivity index (χ3n) is 4.70. The molecule has 14 heteroatoms. The minimum absolute atomic E-state index is 0.00534. The topological polar surface area (TPSA) is 122 Å². The fraction of sp³-hybridized carbons (Fsp3) is 0.300. The first-order chi connectivity index (χ1) is 15.5. The molecule has 34 heavy (non-hydrogen) atoms. The first-order valence-corrected chi connectivity index (χ1v) is 11.2. The lowest BCUT2D eigenvalue weighted by Crippen LogP contribution is -2.47. The van der Waals surface area contributed by atoms with E-state index in [1.165, 1.54) is 24.3 Å². The predicted molar refractivity (Wildman–Crippen MR) is 110 cm³/mol. The van der Waals surface area contributed by atoms with Gasteiger partial charge in [-0.3, -0.25) is 0 Å². The van der Waals surface area contributed by atoms with Gasteiger partial charge in [-0.05, 0) is 16.7 Å². The number of nitrogens with two attached hydrogens (primary N) is 1. The molecule has 1 aliphatic heterocycles. The summed E-state index contributed by atoms with van der Waals surface area (Å²) in [6.45, 7) is -0.0203. The molecule has 2 aromatic rings. The number of alkyl halides is 6. The molecule has 0 amide bonds. The fourth-order valence-electron chi connectivity index (χ4n) is 3.16. The molecular weight excluding hydrogens is 492 g/mol. The van der Waals surface area contributed by atoms with Gasteiger partial charge in [-0.25, -0.2) is 22.9 Å². The van der Waals surface area contributed by atoms with Crippen LogP contribution in [0.15, 0.2) is 53.5 Å². The third-order valence-corrected chi connectivity index (χ3v) is 5.37. The second kappa shape index (κ2) is 9.62. The minimum Gasteiger partial charge on any atom is -0.475 e. The molecule has 0 saturated carbocycles. The molecule has 0 saturated heterocycles. The zero-order chi connectivity index (χ0) is 25.9. The van der Waals surface area contributed by atoms with Crippen molar-refractivity contribution in [2.24, 2.45) is 10.7 Å². The maximum Gasteiger partial charge on any atom is 0.490 e. The van der Waals surface area contributed by atoms with Crippen LogP contribution in [-0.2, 0) is 33.3 Å². The van der Waals surface area contributed by atoms with Gasteiger partial charge in [-0.2, -0.15) is 26.3 Å². The van der Waals surface area contributed by atoms with Crippen molar-refractivity contribution in [3.63, 3.8) is 0 Å². The molecule has 2 aromatic carbocycles. The van der Waals surface area contributed by atoms with Gasteiger partial charge in [-0.15, -0.1) is 0 Å². The molecule has 7 nitrogen and oxygen atoms in total. The maximum absolute atomic E-state index is 14.1. The van der Waals surface area contributed by atoms with E-state index in [1.807, 2.05) is 0 Å². The van der Waals surface area contributed by atoms with Crippen molar-refractivity contribution in [3.8, 4) is 0 Å². The number of amidine groups is 1. The molecule has 1 heterocycles. The van der Waals surface area contributed by atoms with E-state index in [-0.39, 0.29) is 17.9 Å². The normalized spacial score (nSPS) is 18.3. The number of carbonyl (C=O) groups is 1. The van der Waals surface area contributed by atoms with Gasteiger partial charge in [0.1, 0.15) is 5.84 Å². The highest BCUT2D eigenvalue weighted by atomic mass is 32.2. The van der Waals surface area contributed by atoms with Crippen molar-refractivity contribution >= 4 is 21.8 Å². The third kappa shape index (κ3) is 6.47. The Morgan fingerprint density at radius 3 is 2.15 bits per heavy atom. The molecule has 0 radical (unpaired) electrons. The van der Waals surface area contributed by atoms with E-state index < -0.39 is 40.3 Å². The zero-order valence-electron chi connectivity index (χ0n) is 17.4. The molecule has 1 aliphatic rings. The van der Waals surface area contributed by atoms with E-state index in [9.17, 15) is 34.8 Å². The number of fused-ring (bicyclic) bond motifs is 1. The zero-order valence-corrected chi connectivity index (χ0v) is 18.2. The molecule has 4 N–H and O–H groups in total. The Labute approximate surface area is 190 Å². The Balaban J connectivity index is 0.000000509. The summed E-state index contributed by atoms with van der Waals surface area (Å²) in [5, 5.41) is 7.12. The number of hydrogen-bond donors (Lipinski definition) is 3. The van der Waals surface area contributed by atoms with Gasteiger partial charge in [0.05, 0.1) is 6.26 Å². The smallest absolute Gasteiger partial charge is 0.475 e. The fourth-order valence-corrected chi connectivity index (χ4v) is 3.59. The summed E-state index contributed by atoms with van der Waals surface area (Å²) in [6, 6.07) is 12.2. The number of nitrogens with one attached hydrogen (secondary N) is 1. The van der Waals surface area contributed by atoms with Crippen LogP contribution in [0.4, 0.5) is 26.3 Å². The summed E-state index contributed by atoms with van der Waals surface area (Å²) in [6.07, 6.45) is -9.14. The van der Waals surface area contributed by atoms with Crippen LogP contribution < -0.4 is 10.5 Å². The van der Waals surface area contributed by atoms with Gasteiger partial charge in [0, 0.05) is 18.5 Å². The highest BCUT2D eigenvalue weighted by Gasteiger charge is 2.57. The average molecular weight is 511 g/mol. The van der Waals surface area contributed by atoms with Crippen molar-refractivity contribution in [2.75, 3.05) is 6.26 Å². The largest absolute Gasteiger partial charge is 0.490 e. The molecule has 0 spiro atoms. The second-order valence-electron chi connectivity index (χ2n) is 7.29. The summed E-state index contributed by atoms with van der Waals surface area (Å²) in [5.74, 6) is -2.95. The van der Waals surface area contributed by atoms with Crippen LogP contribution >= 0.6 is 0 Å². The predicted octanol–water partition coefficient (Wildman–Crippen LogP) is 3.09. The lowest BCUT2D eigenvalue weighted by Gasteiger charge is -2.36. The standard InChI is InChI=1S/C18H18F3N3O2S.C2HF3O2/c1-27(25,26)23-11-12-7-8-15-13(9-12)10-17(18(19,20)21,24-16(15)22)14-5-3-2-4-6-14;3-2(4,5)1(6)7/h2-9,23H,10-11H2,1H3,(H2,22,24);(H,6,7). The molecule has 0 aliphatic carbocycles. The van der Waals surface area contributed by atoms with E-state index in [1.54, 1.807) is 24.3 Å². The minimum atomic E-state index is -5.08. The lowest BCUT2D eigenvalue weighted by molar-refractivity contribution is -0.192. The summed E-state index contributed by atoms with van der Waals surface area (Å²) < 4.78 is 98.9. The van der Waals surface area contributed by atoms with E-state index >= 15 is 0 Å². The molecule has 0 fully saturated rings.